The lowest BCUT2D eigenvalue weighted by Crippen LogP contribution is -2.42. The summed E-state index contributed by atoms with van der Waals surface area (Å²) in [5.74, 6) is -0.909. The van der Waals surface area contributed by atoms with Gasteiger partial charge in [0, 0.05) is 11.3 Å². The zero-order chi connectivity index (χ0) is 24.7. The summed E-state index contributed by atoms with van der Waals surface area (Å²) in [6.07, 6.45) is 0. The fraction of sp³-hybridized carbons (Fsp3) is 0.185. The molecule has 4 aromatic rings. The van der Waals surface area contributed by atoms with Gasteiger partial charge in [-0.25, -0.2) is 9.78 Å². The molecule has 0 spiro atoms. The van der Waals surface area contributed by atoms with Gasteiger partial charge in [0.15, 0.2) is 0 Å². The molecule has 0 bridgehead atoms. The second-order valence-corrected chi connectivity index (χ2v) is 9.96. The molecular weight excluding hydrogens is 460 g/mol. The molecule has 1 fully saturated rings. The van der Waals surface area contributed by atoms with Gasteiger partial charge < -0.3 is 10.6 Å². The topological polar surface area (TPSA) is 91.4 Å². The number of aryl methyl sites for hydroxylation is 2. The number of urea groups is 1. The first-order valence-electron chi connectivity index (χ1n) is 11.2. The van der Waals surface area contributed by atoms with Gasteiger partial charge in [-0.3, -0.25) is 14.5 Å². The third kappa shape index (κ3) is 4.28. The van der Waals surface area contributed by atoms with Crippen molar-refractivity contribution >= 4 is 45.1 Å². The van der Waals surface area contributed by atoms with Crippen molar-refractivity contribution in [3.8, 4) is 10.6 Å². The number of benzene rings is 3. The van der Waals surface area contributed by atoms with Crippen LogP contribution in [0.25, 0.3) is 20.8 Å². The molecule has 8 heteroatoms. The Morgan fingerprint density at radius 2 is 1.69 bits per heavy atom. The predicted octanol–water partition coefficient (Wildman–Crippen LogP) is 4.99. The fourth-order valence-corrected chi connectivity index (χ4v) is 5.19. The number of nitrogens with one attached hydrogen (secondary N) is 2. The van der Waals surface area contributed by atoms with Crippen molar-refractivity contribution in [1.82, 2.24) is 15.2 Å². The number of hydrogen-bond donors (Lipinski definition) is 2. The van der Waals surface area contributed by atoms with Crippen molar-refractivity contribution in [3.05, 3.63) is 83.4 Å². The highest BCUT2D eigenvalue weighted by molar-refractivity contribution is 7.21. The van der Waals surface area contributed by atoms with E-state index in [9.17, 15) is 14.4 Å². The first kappa shape index (κ1) is 22.7. The first-order valence-corrected chi connectivity index (χ1v) is 12.0. The minimum absolute atomic E-state index is 0.370. The van der Waals surface area contributed by atoms with Crippen LogP contribution < -0.4 is 10.6 Å². The average molecular weight is 485 g/mol. The molecule has 35 heavy (non-hydrogen) atoms. The average Bonchev–Trinajstić information content (AvgIpc) is 3.34. The quantitative estimate of drug-likeness (QED) is 0.391. The van der Waals surface area contributed by atoms with Gasteiger partial charge in [0.2, 0.25) is 5.91 Å². The Labute approximate surface area is 206 Å². The molecule has 0 aliphatic carbocycles. The third-order valence-corrected chi connectivity index (χ3v) is 7.23. The van der Waals surface area contributed by atoms with Crippen LogP contribution in [0.2, 0.25) is 0 Å². The highest BCUT2D eigenvalue weighted by Crippen LogP contribution is 2.32. The SMILES string of the molecule is Cc1ccc([C@]2(C)NC(=O)N(CC(=O)Nc3ccc(-c4nc5ccc(C)cc5s4)cc3)C2=O)cc1. The number of amides is 4. The van der Waals surface area contributed by atoms with Crippen molar-refractivity contribution in [2.45, 2.75) is 26.3 Å². The van der Waals surface area contributed by atoms with E-state index >= 15 is 0 Å². The van der Waals surface area contributed by atoms with Gasteiger partial charge >= 0.3 is 6.03 Å². The first-order chi connectivity index (χ1) is 16.7. The Hall–Kier alpha value is -4.04. The molecule has 1 aromatic heterocycles. The van der Waals surface area contributed by atoms with Gasteiger partial charge in [-0.15, -0.1) is 11.3 Å². The molecule has 0 unspecified atom stereocenters. The molecule has 0 radical (unpaired) electrons. The van der Waals surface area contributed by atoms with Crippen LogP contribution in [0, 0.1) is 13.8 Å². The van der Waals surface area contributed by atoms with Crippen LogP contribution >= 0.6 is 11.3 Å². The number of fused-ring (bicyclic) bond motifs is 1. The maximum Gasteiger partial charge on any atom is 0.325 e. The maximum atomic E-state index is 13.1. The molecule has 1 aliphatic heterocycles. The van der Waals surface area contributed by atoms with Crippen molar-refractivity contribution in [1.29, 1.82) is 0 Å². The second kappa shape index (κ2) is 8.63. The second-order valence-electron chi connectivity index (χ2n) is 8.93. The molecule has 176 valence electrons. The molecule has 1 saturated heterocycles. The van der Waals surface area contributed by atoms with Crippen LogP contribution in [-0.4, -0.2) is 34.3 Å². The van der Waals surface area contributed by atoms with Gasteiger partial charge in [-0.05, 0) is 68.3 Å². The Kier molecular flexibility index (Phi) is 5.61. The molecule has 2 N–H and O–H groups in total. The largest absolute Gasteiger partial charge is 0.325 e. The molecule has 0 saturated carbocycles. The van der Waals surface area contributed by atoms with Crippen LogP contribution in [0.4, 0.5) is 10.5 Å². The van der Waals surface area contributed by atoms with Crippen LogP contribution in [-0.2, 0) is 15.1 Å². The molecule has 1 aliphatic rings. The summed E-state index contributed by atoms with van der Waals surface area (Å²) >= 11 is 1.62. The zero-order valence-electron chi connectivity index (χ0n) is 19.6. The Morgan fingerprint density at radius 1 is 1.00 bits per heavy atom. The van der Waals surface area contributed by atoms with Crippen molar-refractivity contribution in [2.75, 3.05) is 11.9 Å². The van der Waals surface area contributed by atoms with Gasteiger partial charge in [0.1, 0.15) is 17.1 Å². The van der Waals surface area contributed by atoms with Crippen LogP contribution in [0.3, 0.4) is 0 Å². The van der Waals surface area contributed by atoms with E-state index in [2.05, 4.69) is 28.6 Å². The molecule has 7 nitrogen and oxygen atoms in total. The summed E-state index contributed by atoms with van der Waals surface area (Å²) in [4.78, 5) is 43.9. The van der Waals surface area contributed by atoms with E-state index in [0.29, 0.717) is 11.3 Å². The van der Waals surface area contributed by atoms with Gasteiger partial charge in [-0.2, -0.15) is 0 Å². The highest BCUT2D eigenvalue weighted by Gasteiger charge is 2.49. The Balaban J connectivity index is 1.26. The van der Waals surface area contributed by atoms with Gasteiger partial charge in [0.05, 0.1) is 10.2 Å². The fourth-order valence-electron chi connectivity index (χ4n) is 4.12. The number of carbonyl (C=O) groups is 3. The summed E-state index contributed by atoms with van der Waals surface area (Å²) in [5.41, 5.74) is 4.19. The molecular formula is C27H24N4O3S. The minimum atomic E-state index is -1.21. The third-order valence-electron chi connectivity index (χ3n) is 6.17. The predicted molar refractivity (Wildman–Crippen MR) is 137 cm³/mol. The smallest absolute Gasteiger partial charge is 0.325 e. The summed E-state index contributed by atoms with van der Waals surface area (Å²) < 4.78 is 1.13. The summed E-state index contributed by atoms with van der Waals surface area (Å²) in [7, 11) is 0. The van der Waals surface area contributed by atoms with Gasteiger partial charge in [0.25, 0.3) is 5.91 Å². The molecule has 3 aromatic carbocycles. The van der Waals surface area contributed by atoms with Crippen molar-refractivity contribution in [2.24, 2.45) is 0 Å². The van der Waals surface area contributed by atoms with Crippen molar-refractivity contribution in [3.63, 3.8) is 0 Å². The lowest BCUT2D eigenvalue weighted by atomic mass is 9.91. The summed E-state index contributed by atoms with van der Waals surface area (Å²) in [6.45, 7) is 5.28. The minimum Gasteiger partial charge on any atom is -0.325 e. The molecule has 2 heterocycles. The summed E-state index contributed by atoms with van der Waals surface area (Å²) in [6, 6.07) is 20.3. The van der Waals surface area contributed by atoms with E-state index in [4.69, 9.17) is 0 Å². The standard InChI is InChI=1S/C27H24N4O3S/c1-16-4-9-19(10-5-16)27(3)25(33)31(26(34)30-27)15-23(32)28-20-11-7-18(8-12-20)24-29-21-13-6-17(2)14-22(21)35-24/h4-14H,15H2,1-3H3,(H,28,32)(H,30,34)/t27-/m0/s1. The monoisotopic (exact) mass is 484 g/mol. The number of anilines is 1. The summed E-state index contributed by atoms with van der Waals surface area (Å²) in [5, 5.41) is 6.40. The van der Waals surface area contributed by atoms with Gasteiger partial charge in [-0.1, -0.05) is 35.9 Å². The van der Waals surface area contributed by atoms with E-state index in [-0.39, 0.29) is 6.54 Å². The highest BCUT2D eigenvalue weighted by atomic mass is 32.1. The normalized spacial score (nSPS) is 17.6. The molecule has 1 atom stereocenters. The van der Waals surface area contributed by atoms with E-state index in [0.717, 1.165) is 31.3 Å². The van der Waals surface area contributed by atoms with E-state index < -0.39 is 23.4 Å². The van der Waals surface area contributed by atoms with Crippen LogP contribution in [0.5, 0.6) is 0 Å². The van der Waals surface area contributed by atoms with E-state index in [1.54, 1.807) is 30.4 Å². The lowest BCUT2D eigenvalue weighted by molar-refractivity contribution is -0.133. The molecule has 4 amide bonds. The van der Waals surface area contributed by atoms with Crippen LogP contribution in [0.1, 0.15) is 23.6 Å². The maximum absolute atomic E-state index is 13.1. The Bertz CT molecular complexity index is 1460. The zero-order valence-corrected chi connectivity index (χ0v) is 20.4. The number of rotatable bonds is 5. The van der Waals surface area contributed by atoms with Crippen LogP contribution in [0.15, 0.2) is 66.7 Å². The Morgan fingerprint density at radius 3 is 2.40 bits per heavy atom. The number of nitrogens with zero attached hydrogens (tertiary/aromatic N) is 2. The van der Waals surface area contributed by atoms with E-state index in [1.807, 2.05) is 55.5 Å². The van der Waals surface area contributed by atoms with E-state index in [1.165, 1.54) is 5.56 Å². The number of hydrogen-bond acceptors (Lipinski definition) is 5. The number of aromatic nitrogens is 1. The number of thiazole rings is 1. The lowest BCUT2D eigenvalue weighted by Gasteiger charge is -2.22. The molecule has 5 rings (SSSR count). The number of imide groups is 1. The number of carbonyl (C=O) groups excluding carboxylic acids is 3. The van der Waals surface area contributed by atoms with Crippen molar-refractivity contribution < 1.29 is 14.4 Å².